The van der Waals surface area contributed by atoms with E-state index in [9.17, 15) is 4.79 Å². The molecule has 3 aromatic rings. The van der Waals surface area contributed by atoms with Crippen molar-refractivity contribution in [3.63, 3.8) is 0 Å². The second kappa shape index (κ2) is 8.69. The van der Waals surface area contributed by atoms with Crippen LogP contribution < -0.4 is 10.1 Å². The number of ether oxygens (including phenoxy) is 1. The summed E-state index contributed by atoms with van der Waals surface area (Å²) in [5.74, 6) is 1.47. The molecule has 0 aliphatic carbocycles. The molecule has 1 unspecified atom stereocenters. The van der Waals surface area contributed by atoms with E-state index in [2.05, 4.69) is 15.4 Å². The first-order chi connectivity index (χ1) is 13.5. The summed E-state index contributed by atoms with van der Waals surface area (Å²) in [6.45, 7) is 7.88. The maximum Gasteiger partial charge on any atom is 0.267 e. The van der Waals surface area contributed by atoms with Crippen LogP contribution >= 0.6 is 0 Å². The van der Waals surface area contributed by atoms with Crippen molar-refractivity contribution in [1.82, 2.24) is 14.8 Å². The van der Waals surface area contributed by atoms with E-state index in [1.807, 2.05) is 82.3 Å². The van der Waals surface area contributed by atoms with Crippen LogP contribution in [0.4, 0.5) is 5.95 Å². The van der Waals surface area contributed by atoms with Gasteiger partial charge in [-0.25, -0.2) is 4.68 Å². The molecule has 2 aromatic carbocycles. The van der Waals surface area contributed by atoms with E-state index < -0.39 is 6.10 Å². The van der Waals surface area contributed by atoms with Gasteiger partial charge in [0.05, 0.1) is 6.04 Å². The highest BCUT2D eigenvalue weighted by Crippen LogP contribution is 2.22. The largest absolute Gasteiger partial charge is 0.480 e. The quantitative estimate of drug-likeness (QED) is 0.651. The molecule has 1 N–H and O–H groups in total. The number of hydrogen-bond acceptors (Lipinski definition) is 4. The minimum atomic E-state index is -0.612. The third kappa shape index (κ3) is 4.39. The Kier molecular flexibility index (Phi) is 6.09. The standard InChI is InChI=1S/C22H26N4O2/c1-5-18(28-19-14-10-9-11-16(19)4)21(27)24-22-23-20(25-26(22)15(2)3)17-12-7-6-8-13-17/h6-15,18H,5H2,1-4H3,(H,23,24,25,27). The maximum atomic E-state index is 12.9. The average Bonchev–Trinajstić information content (AvgIpc) is 3.12. The van der Waals surface area contributed by atoms with Crippen LogP contribution in [0.25, 0.3) is 11.4 Å². The second-order valence-electron chi connectivity index (χ2n) is 6.93. The Morgan fingerprint density at radius 1 is 1.11 bits per heavy atom. The van der Waals surface area contributed by atoms with Crippen LogP contribution in [0.15, 0.2) is 54.6 Å². The van der Waals surface area contributed by atoms with Gasteiger partial charge in [0.1, 0.15) is 5.75 Å². The molecule has 1 aromatic heterocycles. The van der Waals surface area contributed by atoms with Gasteiger partial charge in [-0.3, -0.25) is 10.1 Å². The van der Waals surface area contributed by atoms with Crippen LogP contribution in [0.3, 0.4) is 0 Å². The predicted molar refractivity (Wildman–Crippen MR) is 110 cm³/mol. The molecular formula is C22H26N4O2. The van der Waals surface area contributed by atoms with Gasteiger partial charge in [-0.1, -0.05) is 55.5 Å². The number of carbonyl (C=O) groups is 1. The summed E-state index contributed by atoms with van der Waals surface area (Å²) in [6, 6.07) is 17.4. The number of benzene rings is 2. The molecule has 0 bridgehead atoms. The van der Waals surface area contributed by atoms with Gasteiger partial charge in [0.25, 0.3) is 5.91 Å². The van der Waals surface area contributed by atoms with E-state index in [1.165, 1.54) is 0 Å². The number of rotatable bonds is 7. The fraction of sp³-hybridized carbons (Fsp3) is 0.318. The Labute approximate surface area is 165 Å². The number of carbonyl (C=O) groups excluding carboxylic acids is 1. The molecule has 6 nitrogen and oxygen atoms in total. The Hall–Kier alpha value is -3.15. The molecule has 1 amide bonds. The van der Waals surface area contributed by atoms with Gasteiger partial charge in [0.2, 0.25) is 5.95 Å². The van der Waals surface area contributed by atoms with Crippen molar-refractivity contribution >= 4 is 11.9 Å². The van der Waals surface area contributed by atoms with Crippen molar-refractivity contribution in [3.05, 3.63) is 60.2 Å². The first kappa shape index (κ1) is 19.6. The second-order valence-corrected chi connectivity index (χ2v) is 6.93. The van der Waals surface area contributed by atoms with Crippen molar-refractivity contribution in [3.8, 4) is 17.1 Å². The summed E-state index contributed by atoms with van der Waals surface area (Å²) in [6.07, 6.45) is -0.0692. The molecule has 0 radical (unpaired) electrons. The van der Waals surface area contributed by atoms with Crippen LogP contribution in [0, 0.1) is 6.92 Å². The lowest BCUT2D eigenvalue weighted by atomic mass is 10.2. The lowest BCUT2D eigenvalue weighted by Crippen LogP contribution is -2.33. The van der Waals surface area contributed by atoms with Gasteiger partial charge < -0.3 is 4.74 Å². The van der Waals surface area contributed by atoms with Gasteiger partial charge in [-0.15, -0.1) is 5.10 Å². The van der Waals surface area contributed by atoms with Crippen molar-refractivity contribution in [2.45, 2.75) is 46.3 Å². The number of hydrogen-bond donors (Lipinski definition) is 1. The number of para-hydroxylation sites is 1. The molecule has 28 heavy (non-hydrogen) atoms. The molecule has 0 saturated carbocycles. The SMILES string of the molecule is CCC(Oc1ccccc1C)C(=O)Nc1nc(-c2ccccc2)nn1C(C)C. The normalized spacial score (nSPS) is 12.0. The number of nitrogens with zero attached hydrogens (tertiary/aromatic N) is 3. The Bertz CT molecular complexity index is 935. The summed E-state index contributed by atoms with van der Waals surface area (Å²) in [5.41, 5.74) is 1.89. The first-order valence-corrected chi connectivity index (χ1v) is 9.54. The topological polar surface area (TPSA) is 69.0 Å². The van der Waals surface area contributed by atoms with Gasteiger partial charge >= 0.3 is 0 Å². The number of nitrogens with one attached hydrogen (secondary N) is 1. The lowest BCUT2D eigenvalue weighted by Gasteiger charge is -2.18. The molecule has 1 atom stereocenters. The van der Waals surface area contributed by atoms with Crippen LogP contribution in [-0.4, -0.2) is 26.8 Å². The summed E-state index contributed by atoms with van der Waals surface area (Å²) in [7, 11) is 0. The molecule has 0 spiro atoms. The third-order valence-electron chi connectivity index (χ3n) is 4.41. The Morgan fingerprint density at radius 2 is 1.79 bits per heavy atom. The number of amides is 1. The zero-order chi connectivity index (χ0) is 20.1. The minimum absolute atomic E-state index is 0.0534. The molecular weight excluding hydrogens is 352 g/mol. The summed E-state index contributed by atoms with van der Waals surface area (Å²) >= 11 is 0. The maximum absolute atomic E-state index is 12.9. The van der Waals surface area contributed by atoms with Crippen molar-refractivity contribution < 1.29 is 9.53 Å². The van der Waals surface area contributed by atoms with Crippen LogP contribution in [0.5, 0.6) is 5.75 Å². The van der Waals surface area contributed by atoms with Crippen molar-refractivity contribution in [1.29, 1.82) is 0 Å². The summed E-state index contributed by atoms with van der Waals surface area (Å²) in [4.78, 5) is 17.4. The zero-order valence-corrected chi connectivity index (χ0v) is 16.7. The fourth-order valence-corrected chi connectivity index (χ4v) is 2.83. The van der Waals surface area contributed by atoms with Gasteiger partial charge in [-0.05, 0) is 38.8 Å². The first-order valence-electron chi connectivity index (χ1n) is 9.54. The molecule has 0 saturated heterocycles. The molecule has 0 fully saturated rings. The van der Waals surface area contributed by atoms with Crippen LogP contribution in [-0.2, 0) is 4.79 Å². The molecule has 1 heterocycles. The molecule has 146 valence electrons. The number of aryl methyl sites for hydroxylation is 1. The molecule has 0 aliphatic rings. The van der Waals surface area contributed by atoms with E-state index >= 15 is 0 Å². The van der Waals surface area contributed by atoms with Gasteiger partial charge in [-0.2, -0.15) is 4.98 Å². The zero-order valence-electron chi connectivity index (χ0n) is 16.7. The Balaban J connectivity index is 1.82. The van der Waals surface area contributed by atoms with Crippen LogP contribution in [0.2, 0.25) is 0 Å². The summed E-state index contributed by atoms with van der Waals surface area (Å²) < 4.78 is 7.67. The van der Waals surface area contributed by atoms with E-state index in [0.717, 1.165) is 11.1 Å². The van der Waals surface area contributed by atoms with Crippen molar-refractivity contribution in [2.75, 3.05) is 5.32 Å². The van der Waals surface area contributed by atoms with Crippen LogP contribution in [0.1, 0.15) is 38.8 Å². The highest BCUT2D eigenvalue weighted by molar-refractivity contribution is 5.93. The fourth-order valence-electron chi connectivity index (χ4n) is 2.83. The van der Waals surface area contributed by atoms with E-state index in [-0.39, 0.29) is 11.9 Å². The number of anilines is 1. The molecule has 0 aliphatic heterocycles. The predicted octanol–water partition coefficient (Wildman–Crippen LogP) is 4.63. The smallest absolute Gasteiger partial charge is 0.267 e. The van der Waals surface area contributed by atoms with Gasteiger partial charge in [0, 0.05) is 5.56 Å². The van der Waals surface area contributed by atoms with E-state index in [4.69, 9.17) is 4.74 Å². The Morgan fingerprint density at radius 3 is 2.43 bits per heavy atom. The monoisotopic (exact) mass is 378 g/mol. The third-order valence-corrected chi connectivity index (χ3v) is 4.41. The average molecular weight is 378 g/mol. The van der Waals surface area contributed by atoms with Gasteiger partial charge in [0.15, 0.2) is 11.9 Å². The lowest BCUT2D eigenvalue weighted by molar-refractivity contribution is -0.122. The number of aromatic nitrogens is 3. The van der Waals surface area contributed by atoms with E-state index in [0.29, 0.717) is 23.9 Å². The minimum Gasteiger partial charge on any atom is -0.480 e. The highest BCUT2D eigenvalue weighted by Gasteiger charge is 2.23. The van der Waals surface area contributed by atoms with E-state index in [1.54, 1.807) is 4.68 Å². The molecule has 6 heteroatoms. The molecule has 3 rings (SSSR count). The highest BCUT2D eigenvalue weighted by atomic mass is 16.5. The van der Waals surface area contributed by atoms with Crippen molar-refractivity contribution in [2.24, 2.45) is 0 Å². The summed E-state index contributed by atoms with van der Waals surface area (Å²) in [5, 5.41) is 7.46.